The van der Waals surface area contributed by atoms with Crippen LogP contribution in [0.25, 0.3) is 0 Å². The van der Waals surface area contributed by atoms with Crippen molar-refractivity contribution in [3.05, 3.63) is 16.1 Å². The lowest BCUT2D eigenvalue weighted by Crippen LogP contribution is -2.03. The maximum Gasteiger partial charge on any atom is 0.0897 e. The van der Waals surface area contributed by atoms with Crippen molar-refractivity contribution in [3.8, 4) is 0 Å². The SMILES string of the molecule is Cc1ncc(CSCC(C)CO)s1. The van der Waals surface area contributed by atoms with Crippen LogP contribution in [0.3, 0.4) is 0 Å². The van der Waals surface area contributed by atoms with Crippen LogP contribution in [-0.2, 0) is 5.75 Å². The number of aryl methyl sites for hydroxylation is 1. The first-order valence-electron chi connectivity index (χ1n) is 4.32. The third kappa shape index (κ3) is 4.11. The standard InChI is InChI=1S/C9H15NOS2/c1-7(4-11)5-12-6-9-3-10-8(2)13-9/h3,7,11H,4-6H2,1-2H3. The minimum Gasteiger partial charge on any atom is -0.396 e. The molecule has 2 nitrogen and oxygen atoms in total. The number of rotatable bonds is 5. The van der Waals surface area contributed by atoms with Crippen LogP contribution in [0.4, 0.5) is 0 Å². The number of hydrogen-bond acceptors (Lipinski definition) is 4. The van der Waals surface area contributed by atoms with Gasteiger partial charge in [-0.15, -0.1) is 11.3 Å². The van der Waals surface area contributed by atoms with E-state index in [-0.39, 0.29) is 6.61 Å². The maximum atomic E-state index is 8.81. The van der Waals surface area contributed by atoms with Crippen molar-refractivity contribution >= 4 is 23.1 Å². The number of aliphatic hydroxyl groups excluding tert-OH is 1. The summed E-state index contributed by atoms with van der Waals surface area (Å²) in [5.41, 5.74) is 0. The van der Waals surface area contributed by atoms with Crippen LogP contribution in [0.15, 0.2) is 6.20 Å². The molecular formula is C9H15NOS2. The highest BCUT2D eigenvalue weighted by molar-refractivity contribution is 7.98. The van der Waals surface area contributed by atoms with Gasteiger partial charge < -0.3 is 5.11 Å². The molecule has 0 fully saturated rings. The molecule has 1 heterocycles. The first-order chi connectivity index (χ1) is 6.22. The lowest BCUT2D eigenvalue weighted by molar-refractivity contribution is 0.250. The van der Waals surface area contributed by atoms with Crippen molar-refractivity contribution in [3.63, 3.8) is 0 Å². The van der Waals surface area contributed by atoms with E-state index in [1.807, 2.05) is 24.9 Å². The molecule has 1 atom stereocenters. The molecule has 0 aliphatic rings. The van der Waals surface area contributed by atoms with Gasteiger partial charge in [-0.2, -0.15) is 11.8 Å². The summed E-state index contributed by atoms with van der Waals surface area (Å²) in [6.45, 7) is 4.37. The van der Waals surface area contributed by atoms with E-state index in [1.54, 1.807) is 11.3 Å². The fourth-order valence-electron chi connectivity index (χ4n) is 0.885. The second-order valence-corrected chi connectivity index (χ2v) is 5.50. The summed E-state index contributed by atoms with van der Waals surface area (Å²) < 4.78 is 0. The Kier molecular flexibility index (Phi) is 4.77. The zero-order valence-corrected chi connectivity index (χ0v) is 9.62. The normalized spacial score (nSPS) is 13.2. The van der Waals surface area contributed by atoms with Crippen molar-refractivity contribution in [2.75, 3.05) is 12.4 Å². The fourth-order valence-corrected chi connectivity index (χ4v) is 2.86. The van der Waals surface area contributed by atoms with E-state index in [1.165, 1.54) is 4.88 Å². The first-order valence-corrected chi connectivity index (χ1v) is 6.29. The monoisotopic (exact) mass is 217 g/mol. The summed E-state index contributed by atoms with van der Waals surface area (Å²) in [7, 11) is 0. The summed E-state index contributed by atoms with van der Waals surface area (Å²) in [6, 6.07) is 0. The second kappa shape index (κ2) is 5.62. The Labute approximate surface area is 87.4 Å². The van der Waals surface area contributed by atoms with Gasteiger partial charge in [0.25, 0.3) is 0 Å². The molecule has 1 N–H and O–H groups in total. The van der Waals surface area contributed by atoms with E-state index in [0.717, 1.165) is 16.5 Å². The predicted octanol–water partition coefficient (Wildman–Crippen LogP) is 2.31. The molecule has 13 heavy (non-hydrogen) atoms. The Bertz CT molecular complexity index is 250. The van der Waals surface area contributed by atoms with Gasteiger partial charge in [0.1, 0.15) is 0 Å². The molecule has 1 unspecified atom stereocenters. The largest absolute Gasteiger partial charge is 0.396 e. The molecule has 0 saturated carbocycles. The summed E-state index contributed by atoms with van der Waals surface area (Å²) in [6.07, 6.45) is 1.94. The Morgan fingerprint density at radius 3 is 3.00 bits per heavy atom. The van der Waals surface area contributed by atoms with Gasteiger partial charge in [0, 0.05) is 23.4 Å². The van der Waals surface area contributed by atoms with Crippen LogP contribution in [0.1, 0.15) is 16.8 Å². The van der Waals surface area contributed by atoms with Crippen LogP contribution >= 0.6 is 23.1 Å². The Morgan fingerprint density at radius 1 is 1.69 bits per heavy atom. The highest BCUT2D eigenvalue weighted by Gasteiger charge is 2.02. The van der Waals surface area contributed by atoms with Crippen LogP contribution in [0.2, 0.25) is 0 Å². The van der Waals surface area contributed by atoms with Gasteiger partial charge in [0.05, 0.1) is 5.01 Å². The van der Waals surface area contributed by atoms with Crippen LogP contribution in [0, 0.1) is 12.8 Å². The van der Waals surface area contributed by atoms with E-state index in [9.17, 15) is 0 Å². The molecular weight excluding hydrogens is 202 g/mol. The number of aliphatic hydroxyl groups is 1. The molecule has 0 aliphatic heterocycles. The summed E-state index contributed by atoms with van der Waals surface area (Å²) in [4.78, 5) is 5.52. The molecule has 0 amide bonds. The van der Waals surface area contributed by atoms with Gasteiger partial charge in [-0.25, -0.2) is 4.98 Å². The fraction of sp³-hybridized carbons (Fsp3) is 0.667. The minimum absolute atomic E-state index is 0.286. The maximum absolute atomic E-state index is 8.81. The van der Waals surface area contributed by atoms with E-state index in [2.05, 4.69) is 11.9 Å². The van der Waals surface area contributed by atoms with Gasteiger partial charge in [0.15, 0.2) is 0 Å². The van der Waals surface area contributed by atoms with E-state index in [0.29, 0.717) is 5.92 Å². The van der Waals surface area contributed by atoms with Crippen LogP contribution < -0.4 is 0 Å². The number of thiazole rings is 1. The molecule has 0 saturated heterocycles. The summed E-state index contributed by atoms with van der Waals surface area (Å²) >= 11 is 3.62. The van der Waals surface area contributed by atoms with Crippen molar-refractivity contribution < 1.29 is 5.11 Å². The quantitative estimate of drug-likeness (QED) is 0.821. The highest BCUT2D eigenvalue weighted by Crippen LogP contribution is 2.19. The molecule has 0 spiro atoms. The van der Waals surface area contributed by atoms with Crippen LogP contribution in [0.5, 0.6) is 0 Å². The molecule has 1 rings (SSSR count). The van der Waals surface area contributed by atoms with Crippen molar-refractivity contribution in [2.24, 2.45) is 5.92 Å². The Balaban J connectivity index is 2.20. The third-order valence-corrected chi connectivity index (χ3v) is 4.04. The van der Waals surface area contributed by atoms with E-state index >= 15 is 0 Å². The highest BCUT2D eigenvalue weighted by atomic mass is 32.2. The molecule has 0 aliphatic carbocycles. The Hall–Kier alpha value is -0.0600. The van der Waals surface area contributed by atoms with E-state index < -0.39 is 0 Å². The zero-order chi connectivity index (χ0) is 9.68. The molecule has 0 aromatic carbocycles. The number of nitrogens with zero attached hydrogens (tertiary/aromatic N) is 1. The third-order valence-electron chi connectivity index (χ3n) is 1.63. The molecule has 1 aromatic rings. The lowest BCUT2D eigenvalue weighted by Gasteiger charge is -2.05. The first kappa shape index (κ1) is 11.0. The topological polar surface area (TPSA) is 33.1 Å². The molecule has 4 heteroatoms. The second-order valence-electron chi connectivity index (χ2n) is 3.15. The number of hydrogen-bond donors (Lipinski definition) is 1. The average Bonchev–Trinajstić information content (AvgIpc) is 2.51. The lowest BCUT2D eigenvalue weighted by atomic mass is 10.2. The molecule has 74 valence electrons. The zero-order valence-electron chi connectivity index (χ0n) is 7.99. The molecule has 0 bridgehead atoms. The molecule has 1 aromatic heterocycles. The van der Waals surface area contributed by atoms with E-state index in [4.69, 9.17) is 5.11 Å². The van der Waals surface area contributed by atoms with Gasteiger partial charge in [-0.1, -0.05) is 6.92 Å². The van der Waals surface area contributed by atoms with Gasteiger partial charge in [-0.3, -0.25) is 0 Å². The van der Waals surface area contributed by atoms with Crippen molar-refractivity contribution in [2.45, 2.75) is 19.6 Å². The van der Waals surface area contributed by atoms with Gasteiger partial charge >= 0.3 is 0 Å². The number of thioether (sulfide) groups is 1. The van der Waals surface area contributed by atoms with Crippen LogP contribution in [-0.4, -0.2) is 22.5 Å². The summed E-state index contributed by atoms with van der Waals surface area (Å²) in [5.74, 6) is 2.45. The molecule has 0 radical (unpaired) electrons. The number of aromatic nitrogens is 1. The van der Waals surface area contributed by atoms with Crippen molar-refractivity contribution in [1.29, 1.82) is 0 Å². The van der Waals surface area contributed by atoms with Gasteiger partial charge in [-0.05, 0) is 18.6 Å². The van der Waals surface area contributed by atoms with Gasteiger partial charge in [0.2, 0.25) is 0 Å². The average molecular weight is 217 g/mol. The minimum atomic E-state index is 0.286. The smallest absolute Gasteiger partial charge is 0.0897 e. The predicted molar refractivity (Wildman–Crippen MR) is 59.3 cm³/mol. The van der Waals surface area contributed by atoms with Crippen molar-refractivity contribution in [1.82, 2.24) is 4.98 Å². The Morgan fingerprint density at radius 2 is 2.46 bits per heavy atom. The summed E-state index contributed by atoms with van der Waals surface area (Å²) in [5, 5.41) is 9.94.